The standard InChI is InChI=1S/C26H24N4O2S/c1-17-9-11-27-25(13-17)29-24-4-2-3-22(28-24)23-8-7-21(33-23)16-30-12-10-18-14-19(26(31)32)5-6-20(18)15-30/h2-9,11,13-14H,10,12,15-16H2,1H3,(H,31,32)(H,27,28,29). The maximum atomic E-state index is 11.2. The van der Waals surface area contributed by atoms with Crippen LogP contribution in [0.5, 0.6) is 0 Å². The summed E-state index contributed by atoms with van der Waals surface area (Å²) in [6, 6.07) is 19.7. The van der Waals surface area contributed by atoms with Crippen LogP contribution in [0.2, 0.25) is 0 Å². The first-order chi connectivity index (χ1) is 16.0. The predicted octanol–water partition coefficient (Wildman–Crippen LogP) is 5.51. The molecule has 166 valence electrons. The molecule has 0 atom stereocenters. The fraction of sp³-hybridized carbons (Fsp3) is 0.192. The summed E-state index contributed by atoms with van der Waals surface area (Å²) in [4.78, 5) is 25.2. The minimum Gasteiger partial charge on any atom is -0.478 e. The van der Waals surface area contributed by atoms with E-state index in [4.69, 9.17) is 4.98 Å². The number of hydrogen-bond donors (Lipinski definition) is 2. The van der Waals surface area contributed by atoms with Crippen LogP contribution in [0.15, 0.2) is 66.9 Å². The van der Waals surface area contributed by atoms with Gasteiger partial charge in [-0.05, 0) is 78.6 Å². The topological polar surface area (TPSA) is 78.4 Å². The van der Waals surface area contributed by atoms with Crippen molar-refractivity contribution in [3.8, 4) is 10.6 Å². The molecule has 0 radical (unpaired) electrons. The van der Waals surface area contributed by atoms with Crippen LogP contribution in [0.3, 0.4) is 0 Å². The number of nitrogens with one attached hydrogen (secondary N) is 1. The minimum absolute atomic E-state index is 0.368. The molecule has 3 aromatic heterocycles. The van der Waals surface area contributed by atoms with Crippen LogP contribution in [0.4, 0.5) is 11.6 Å². The van der Waals surface area contributed by atoms with Crippen molar-refractivity contribution < 1.29 is 9.90 Å². The van der Waals surface area contributed by atoms with E-state index >= 15 is 0 Å². The summed E-state index contributed by atoms with van der Waals surface area (Å²) in [5.74, 6) is 0.690. The van der Waals surface area contributed by atoms with Crippen molar-refractivity contribution in [2.24, 2.45) is 0 Å². The molecule has 0 spiro atoms. The van der Waals surface area contributed by atoms with Gasteiger partial charge in [-0.1, -0.05) is 12.1 Å². The van der Waals surface area contributed by atoms with Gasteiger partial charge in [0.25, 0.3) is 0 Å². The highest BCUT2D eigenvalue weighted by Crippen LogP contribution is 2.30. The number of carbonyl (C=O) groups is 1. The van der Waals surface area contributed by atoms with Gasteiger partial charge in [0.15, 0.2) is 0 Å². The largest absolute Gasteiger partial charge is 0.478 e. The monoisotopic (exact) mass is 456 g/mol. The Morgan fingerprint density at radius 2 is 2.00 bits per heavy atom. The second-order valence-corrected chi connectivity index (χ2v) is 9.44. The molecule has 0 saturated carbocycles. The fourth-order valence-corrected chi connectivity index (χ4v) is 5.10. The maximum Gasteiger partial charge on any atom is 0.335 e. The molecule has 1 aliphatic heterocycles. The zero-order chi connectivity index (χ0) is 22.8. The number of benzene rings is 1. The lowest BCUT2D eigenvalue weighted by Crippen LogP contribution is -2.29. The highest BCUT2D eigenvalue weighted by molar-refractivity contribution is 7.15. The Bertz CT molecular complexity index is 1320. The van der Waals surface area contributed by atoms with E-state index in [1.165, 1.54) is 10.4 Å². The second-order valence-electron chi connectivity index (χ2n) is 8.27. The number of aromatic carboxylic acids is 1. The summed E-state index contributed by atoms with van der Waals surface area (Å²) < 4.78 is 0. The zero-order valence-corrected chi connectivity index (χ0v) is 19.1. The molecule has 6 nitrogen and oxygen atoms in total. The van der Waals surface area contributed by atoms with Crippen molar-refractivity contribution in [1.29, 1.82) is 0 Å². The number of anilines is 2. The molecule has 1 aromatic carbocycles. The molecule has 0 fully saturated rings. The number of aryl methyl sites for hydroxylation is 1. The normalized spacial score (nSPS) is 13.5. The Hall–Kier alpha value is -3.55. The van der Waals surface area contributed by atoms with E-state index in [0.29, 0.717) is 5.56 Å². The summed E-state index contributed by atoms with van der Waals surface area (Å²) in [6.07, 6.45) is 2.66. The average molecular weight is 457 g/mol. The lowest BCUT2D eigenvalue weighted by atomic mass is 9.97. The van der Waals surface area contributed by atoms with Gasteiger partial charge < -0.3 is 10.4 Å². The number of pyridine rings is 2. The molecular formula is C26H24N4O2S. The molecule has 0 amide bonds. The predicted molar refractivity (Wildman–Crippen MR) is 131 cm³/mol. The quantitative estimate of drug-likeness (QED) is 0.398. The van der Waals surface area contributed by atoms with Crippen LogP contribution in [0.25, 0.3) is 10.6 Å². The molecule has 4 heterocycles. The molecule has 7 heteroatoms. The van der Waals surface area contributed by atoms with E-state index in [9.17, 15) is 9.90 Å². The number of rotatable bonds is 6. The molecule has 0 saturated heterocycles. The van der Waals surface area contributed by atoms with E-state index in [1.807, 2.05) is 49.4 Å². The highest BCUT2D eigenvalue weighted by Gasteiger charge is 2.19. The van der Waals surface area contributed by atoms with Crippen molar-refractivity contribution in [1.82, 2.24) is 14.9 Å². The molecule has 33 heavy (non-hydrogen) atoms. The smallest absolute Gasteiger partial charge is 0.335 e. The van der Waals surface area contributed by atoms with Crippen molar-refractivity contribution in [3.05, 3.63) is 94.0 Å². The van der Waals surface area contributed by atoms with Crippen LogP contribution < -0.4 is 5.32 Å². The fourth-order valence-electron chi connectivity index (χ4n) is 4.08. The average Bonchev–Trinajstić information content (AvgIpc) is 3.27. The number of fused-ring (bicyclic) bond motifs is 1. The lowest BCUT2D eigenvalue weighted by molar-refractivity contribution is 0.0696. The van der Waals surface area contributed by atoms with E-state index in [-0.39, 0.29) is 0 Å². The van der Waals surface area contributed by atoms with Gasteiger partial charge in [-0.15, -0.1) is 11.3 Å². The maximum absolute atomic E-state index is 11.2. The summed E-state index contributed by atoms with van der Waals surface area (Å²) in [5, 5.41) is 12.5. The first-order valence-corrected chi connectivity index (χ1v) is 11.7. The molecule has 0 bridgehead atoms. The first-order valence-electron chi connectivity index (χ1n) is 10.9. The Balaban J connectivity index is 1.27. The minimum atomic E-state index is -0.866. The Morgan fingerprint density at radius 1 is 1.09 bits per heavy atom. The molecule has 4 aromatic rings. The van der Waals surface area contributed by atoms with Crippen molar-refractivity contribution in [2.45, 2.75) is 26.4 Å². The van der Waals surface area contributed by atoms with E-state index in [1.54, 1.807) is 23.6 Å². The van der Waals surface area contributed by atoms with E-state index in [2.05, 4.69) is 27.3 Å². The SMILES string of the molecule is Cc1ccnc(Nc2cccc(-c3ccc(CN4CCc5cc(C(=O)O)ccc5C4)s3)n2)c1. The molecule has 5 rings (SSSR count). The zero-order valence-electron chi connectivity index (χ0n) is 18.3. The van der Waals surface area contributed by atoms with Crippen molar-refractivity contribution in [2.75, 3.05) is 11.9 Å². The summed E-state index contributed by atoms with van der Waals surface area (Å²) in [6.45, 7) is 4.67. The summed E-state index contributed by atoms with van der Waals surface area (Å²) in [7, 11) is 0. The number of aromatic nitrogens is 2. The number of thiophene rings is 1. The van der Waals surface area contributed by atoms with Gasteiger partial charge in [0.2, 0.25) is 0 Å². The number of carboxylic acids is 1. The number of hydrogen-bond acceptors (Lipinski definition) is 6. The van der Waals surface area contributed by atoms with Crippen LogP contribution in [-0.4, -0.2) is 32.5 Å². The van der Waals surface area contributed by atoms with Crippen molar-refractivity contribution in [3.63, 3.8) is 0 Å². The van der Waals surface area contributed by atoms with Gasteiger partial charge >= 0.3 is 5.97 Å². The van der Waals surface area contributed by atoms with Crippen LogP contribution in [0, 0.1) is 6.92 Å². The third-order valence-corrected chi connectivity index (χ3v) is 6.85. The molecular weight excluding hydrogens is 432 g/mol. The van der Waals surface area contributed by atoms with E-state index in [0.717, 1.165) is 59.4 Å². The molecule has 0 aliphatic carbocycles. The molecule has 0 unspecified atom stereocenters. The lowest BCUT2D eigenvalue weighted by Gasteiger charge is -2.28. The Labute approximate surface area is 196 Å². The summed E-state index contributed by atoms with van der Waals surface area (Å²) in [5.41, 5.74) is 4.82. The Morgan fingerprint density at radius 3 is 2.85 bits per heavy atom. The molecule has 2 N–H and O–H groups in total. The summed E-state index contributed by atoms with van der Waals surface area (Å²) >= 11 is 1.76. The van der Waals surface area contributed by atoms with Gasteiger partial charge in [-0.3, -0.25) is 4.90 Å². The Kier molecular flexibility index (Phi) is 5.90. The van der Waals surface area contributed by atoms with Gasteiger partial charge in [-0.2, -0.15) is 0 Å². The van der Waals surface area contributed by atoms with E-state index < -0.39 is 5.97 Å². The number of carboxylic acid groups (broad SMARTS) is 1. The molecule has 1 aliphatic rings. The van der Waals surface area contributed by atoms with Gasteiger partial charge in [-0.25, -0.2) is 14.8 Å². The van der Waals surface area contributed by atoms with Crippen LogP contribution >= 0.6 is 11.3 Å². The van der Waals surface area contributed by atoms with Crippen LogP contribution in [-0.2, 0) is 19.5 Å². The third-order valence-electron chi connectivity index (χ3n) is 5.76. The third kappa shape index (κ3) is 4.94. The van der Waals surface area contributed by atoms with Crippen molar-refractivity contribution >= 4 is 28.9 Å². The van der Waals surface area contributed by atoms with Gasteiger partial charge in [0, 0.05) is 30.7 Å². The second kappa shape index (κ2) is 9.13. The van der Waals surface area contributed by atoms with Crippen LogP contribution in [0.1, 0.15) is 31.9 Å². The first kappa shape index (κ1) is 21.3. The van der Waals surface area contributed by atoms with Gasteiger partial charge in [0.1, 0.15) is 11.6 Å². The number of nitrogens with zero attached hydrogens (tertiary/aromatic N) is 3. The van der Waals surface area contributed by atoms with Gasteiger partial charge in [0.05, 0.1) is 16.1 Å². The highest BCUT2D eigenvalue weighted by atomic mass is 32.1.